The van der Waals surface area contributed by atoms with Gasteiger partial charge in [-0.25, -0.2) is 0 Å². The van der Waals surface area contributed by atoms with Crippen molar-refractivity contribution in [2.45, 2.75) is 19.4 Å². The summed E-state index contributed by atoms with van der Waals surface area (Å²) in [6.45, 7) is 3.38. The van der Waals surface area contributed by atoms with Crippen molar-refractivity contribution < 1.29 is 23.8 Å². The van der Waals surface area contributed by atoms with Crippen LogP contribution in [-0.4, -0.2) is 31.6 Å². The minimum absolute atomic E-state index is 0.250. The van der Waals surface area contributed by atoms with E-state index in [1.807, 2.05) is 0 Å². The van der Waals surface area contributed by atoms with E-state index in [2.05, 4.69) is 10.6 Å². The fourth-order valence-corrected chi connectivity index (χ4v) is 2.66. The van der Waals surface area contributed by atoms with Gasteiger partial charge in [-0.1, -0.05) is 6.07 Å². The second-order valence-corrected chi connectivity index (χ2v) is 6.27. The second-order valence-electron chi connectivity index (χ2n) is 6.27. The van der Waals surface area contributed by atoms with Gasteiger partial charge < -0.3 is 24.8 Å². The number of anilines is 2. The minimum atomic E-state index is -0.942. The van der Waals surface area contributed by atoms with Crippen molar-refractivity contribution in [1.82, 2.24) is 0 Å². The highest BCUT2D eigenvalue weighted by Crippen LogP contribution is 2.36. The molecular formula is C19H20N2O5. The van der Waals surface area contributed by atoms with Gasteiger partial charge in [-0.2, -0.15) is 0 Å². The maximum atomic E-state index is 12.7. The van der Waals surface area contributed by atoms with Crippen molar-refractivity contribution in [2.75, 3.05) is 24.9 Å². The van der Waals surface area contributed by atoms with Crippen molar-refractivity contribution in [1.29, 1.82) is 0 Å². The molecule has 26 heavy (non-hydrogen) atoms. The van der Waals surface area contributed by atoms with Gasteiger partial charge in [0.1, 0.15) is 22.8 Å². The smallest absolute Gasteiger partial charge is 0.268 e. The van der Waals surface area contributed by atoms with E-state index < -0.39 is 5.60 Å². The number of amides is 2. The molecule has 0 saturated carbocycles. The van der Waals surface area contributed by atoms with Crippen molar-refractivity contribution in [3.63, 3.8) is 0 Å². The summed E-state index contributed by atoms with van der Waals surface area (Å²) in [4.78, 5) is 24.8. The summed E-state index contributed by atoms with van der Waals surface area (Å²) in [6.07, 6.45) is 0. The Balaban J connectivity index is 1.88. The molecule has 0 unspecified atom stereocenters. The minimum Gasteiger partial charge on any atom is -0.496 e. The predicted molar refractivity (Wildman–Crippen MR) is 97.3 cm³/mol. The van der Waals surface area contributed by atoms with Gasteiger partial charge in [0.25, 0.3) is 11.8 Å². The van der Waals surface area contributed by atoms with Crippen LogP contribution < -0.4 is 24.8 Å². The molecule has 1 heterocycles. The molecule has 1 aliphatic rings. The van der Waals surface area contributed by atoms with Gasteiger partial charge in [0.2, 0.25) is 0 Å². The largest absolute Gasteiger partial charge is 0.496 e. The third kappa shape index (κ3) is 3.15. The molecule has 136 valence electrons. The molecule has 7 nitrogen and oxygen atoms in total. The Bertz CT molecular complexity index is 854. The zero-order valence-corrected chi connectivity index (χ0v) is 15.0. The summed E-state index contributed by atoms with van der Waals surface area (Å²) in [7, 11) is 2.97. The third-order valence-electron chi connectivity index (χ3n) is 4.05. The van der Waals surface area contributed by atoms with E-state index in [0.29, 0.717) is 28.6 Å². The lowest BCUT2D eigenvalue weighted by molar-refractivity contribution is -0.129. The summed E-state index contributed by atoms with van der Waals surface area (Å²) in [6, 6.07) is 10.1. The van der Waals surface area contributed by atoms with Crippen LogP contribution in [0.25, 0.3) is 0 Å². The maximum Gasteiger partial charge on any atom is 0.268 e. The molecule has 0 fully saturated rings. The van der Waals surface area contributed by atoms with Crippen molar-refractivity contribution in [2.24, 2.45) is 0 Å². The fourth-order valence-electron chi connectivity index (χ4n) is 2.66. The molecule has 1 aliphatic heterocycles. The van der Waals surface area contributed by atoms with Crippen LogP contribution in [-0.2, 0) is 4.79 Å². The Morgan fingerprint density at radius 1 is 1.12 bits per heavy atom. The monoisotopic (exact) mass is 356 g/mol. The van der Waals surface area contributed by atoms with E-state index in [9.17, 15) is 9.59 Å². The predicted octanol–water partition coefficient (Wildman–Crippen LogP) is 3.07. The summed E-state index contributed by atoms with van der Waals surface area (Å²) in [5, 5.41) is 5.57. The van der Waals surface area contributed by atoms with Crippen LogP contribution in [0.15, 0.2) is 36.4 Å². The van der Waals surface area contributed by atoms with Gasteiger partial charge in [-0.3, -0.25) is 9.59 Å². The van der Waals surface area contributed by atoms with Crippen LogP contribution in [0.4, 0.5) is 11.4 Å². The first-order valence-corrected chi connectivity index (χ1v) is 8.02. The van der Waals surface area contributed by atoms with Crippen LogP contribution in [0.1, 0.15) is 24.2 Å². The quantitative estimate of drug-likeness (QED) is 0.879. The molecule has 2 aromatic carbocycles. The zero-order chi connectivity index (χ0) is 18.9. The number of nitrogens with one attached hydrogen (secondary N) is 2. The molecule has 0 radical (unpaired) electrons. The summed E-state index contributed by atoms with van der Waals surface area (Å²) < 4.78 is 16.2. The Kier molecular flexibility index (Phi) is 4.46. The summed E-state index contributed by atoms with van der Waals surface area (Å²) >= 11 is 0. The summed E-state index contributed by atoms with van der Waals surface area (Å²) in [5.41, 5.74) is 0.351. The van der Waals surface area contributed by atoms with Crippen LogP contribution >= 0.6 is 0 Å². The number of carbonyl (C=O) groups excluding carboxylic acids is 2. The van der Waals surface area contributed by atoms with Gasteiger partial charge in [0.15, 0.2) is 5.60 Å². The van der Waals surface area contributed by atoms with Gasteiger partial charge in [0, 0.05) is 5.69 Å². The lowest BCUT2D eigenvalue weighted by Crippen LogP contribution is -2.45. The molecule has 2 aromatic rings. The zero-order valence-electron chi connectivity index (χ0n) is 15.0. The number of hydrogen-bond acceptors (Lipinski definition) is 5. The van der Waals surface area contributed by atoms with Gasteiger partial charge in [0.05, 0.1) is 19.9 Å². The highest BCUT2D eigenvalue weighted by molar-refractivity contribution is 6.09. The standard InChI is InChI=1S/C19H20N2O5/c1-19(2)18(23)21-12-10-11(8-9-13(12)26-19)20-17(22)16-14(24-3)6-5-7-15(16)25-4/h5-10H,1-4H3,(H,20,22)(H,21,23). The van der Waals surface area contributed by atoms with Crippen molar-refractivity contribution >= 4 is 23.2 Å². The SMILES string of the molecule is COc1cccc(OC)c1C(=O)Nc1ccc2c(c1)NC(=O)C(C)(C)O2. The molecular weight excluding hydrogens is 336 g/mol. The van der Waals surface area contributed by atoms with Crippen LogP contribution in [0.2, 0.25) is 0 Å². The van der Waals surface area contributed by atoms with E-state index in [0.717, 1.165) is 0 Å². The Hall–Kier alpha value is -3.22. The topological polar surface area (TPSA) is 85.9 Å². The van der Waals surface area contributed by atoms with E-state index in [1.54, 1.807) is 50.2 Å². The van der Waals surface area contributed by atoms with E-state index >= 15 is 0 Å². The Morgan fingerprint density at radius 3 is 2.38 bits per heavy atom. The molecule has 0 bridgehead atoms. The lowest BCUT2D eigenvalue weighted by Gasteiger charge is -2.31. The maximum absolute atomic E-state index is 12.7. The Labute approximate surface area is 151 Å². The molecule has 0 saturated heterocycles. The lowest BCUT2D eigenvalue weighted by atomic mass is 10.1. The van der Waals surface area contributed by atoms with Crippen LogP contribution in [0.5, 0.6) is 17.2 Å². The van der Waals surface area contributed by atoms with Gasteiger partial charge in [-0.05, 0) is 44.2 Å². The van der Waals surface area contributed by atoms with Gasteiger partial charge in [-0.15, -0.1) is 0 Å². The average Bonchev–Trinajstić information content (AvgIpc) is 2.61. The number of ether oxygens (including phenoxy) is 3. The number of rotatable bonds is 4. The molecule has 0 aliphatic carbocycles. The normalized spacial score (nSPS) is 14.5. The van der Waals surface area contributed by atoms with E-state index in [1.165, 1.54) is 14.2 Å². The number of benzene rings is 2. The molecule has 0 aromatic heterocycles. The first kappa shape index (κ1) is 17.6. The first-order chi connectivity index (χ1) is 12.4. The molecule has 3 rings (SSSR count). The third-order valence-corrected chi connectivity index (χ3v) is 4.05. The number of methoxy groups -OCH3 is 2. The highest BCUT2D eigenvalue weighted by Gasteiger charge is 2.35. The summed E-state index contributed by atoms with van der Waals surface area (Å²) in [5.74, 6) is 0.710. The molecule has 0 atom stereocenters. The molecule has 7 heteroatoms. The average molecular weight is 356 g/mol. The van der Waals surface area contributed by atoms with Crippen LogP contribution in [0, 0.1) is 0 Å². The molecule has 0 spiro atoms. The molecule has 2 N–H and O–H groups in total. The highest BCUT2D eigenvalue weighted by atomic mass is 16.5. The van der Waals surface area contributed by atoms with E-state index in [4.69, 9.17) is 14.2 Å². The second kappa shape index (κ2) is 6.59. The van der Waals surface area contributed by atoms with Crippen LogP contribution in [0.3, 0.4) is 0 Å². The number of hydrogen-bond donors (Lipinski definition) is 2. The first-order valence-electron chi connectivity index (χ1n) is 8.02. The number of fused-ring (bicyclic) bond motifs is 1. The molecule has 2 amide bonds. The number of carbonyl (C=O) groups is 2. The van der Waals surface area contributed by atoms with E-state index in [-0.39, 0.29) is 17.4 Å². The fraction of sp³-hybridized carbons (Fsp3) is 0.263. The van der Waals surface area contributed by atoms with Crippen molar-refractivity contribution in [3.8, 4) is 17.2 Å². The Morgan fingerprint density at radius 2 is 1.77 bits per heavy atom. The van der Waals surface area contributed by atoms with Gasteiger partial charge >= 0.3 is 0 Å². The van der Waals surface area contributed by atoms with Crippen molar-refractivity contribution in [3.05, 3.63) is 42.0 Å².